The smallest absolute Gasteiger partial charge is 0.325 e. The van der Waals surface area contributed by atoms with Gasteiger partial charge in [0.15, 0.2) is 0 Å². The molecule has 0 bridgehead atoms. The van der Waals surface area contributed by atoms with Gasteiger partial charge in [-0.2, -0.15) is 4.98 Å². The van der Waals surface area contributed by atoms with Gasteiger partial charge in [-0.05, 0) is 38.3 Å². The van der Waals surface area contributed by atoms with Gasteiger partial charge in [0.2, 0.25) is 11.7 Å². The van der Waals surface area contributed by atoms with E-state index in [0.29, 0.717) is 22.9 Å². The van der Waals surface area contributed by atoms with E-state index in [1.165, 1.54) is 11.3 Å². The van der Waals surface area contributed by atoms with E-state index in [-0.39, 0.29) is 18.3 Å². The monoisotopic (exact) mass is 372 g/mol. The van der Waals surface area contributed by atoms with Crippen molar-refractivity contribution < 1.29 is 18.5 Å². The molecule has 0 spiro atoms. The SMILES string of the molecule is Cc1cc(C2(C)NC(=O)N(Cc3nc(-c4cccs4)no3)C2=O)c(C)o1. The number of furan rings is 1. The van der Waals surface area contributed by atoms with Crippen LogP contribution in [0.5, 0.6) is 0 Å². The van der Waals surface area contributed by atoms with Gasteiger partial charge in [0.05, 0.1) is 4.88 Å². The molecule has 1 aliphatic rings. The first-order chi connectivity index (χ1) is 12.4. The molecular weight excluding hydrogens is 356 g/mol. The lowest BCUT2D eigenvalue weighted by atomic mass is 9.92. The van der Waals surface area contributed by atoms with Crippen LogP contribution in [0.15, 0.2) is 32.5 Å². The fourth-order valence-electron chi connectivity index (χ4n) is 3.11. The second kappa shape index (κ2) is 5.80. The number of nitrogens with one attached hydrogen (secondary N) is 1. The number of hydrogen-bond acceptors (Lipinski definition) is 7. The number of aryl methyl sites for hydroxylation is 2. The molecule has 4 rings (SSSR count). The largest absolute Gasteiger partial charge is 0.466 e. The highest BCUT2D eigenvalue weighted by atomic mass is 32.1. The van der Waals surface area contributed by atoms with Crippen molar-refractivity contribution in [1.82, 2.24) is 20.4 Å². The van der Waals surface area contributed by atoms with E-state index in [1.807, 2.05) is 17.5 Å². The zero-order valence-electron chi connectivity index (χ0n) is 14.4. The first-order valence-electron chi connectivity index (χ1n) is 7.96. The van der Waals surface area contributed by atoms with Crippen molar-refractivity contribution in [2.75, 3.05) is 0 Å². The lowest BCUT2D eigenvalue weighted by molar-refractivity contribution is -0.131. The molecule has 3 aromatic rings. The van der Waals surface area contributed by atoms with Gasteiger partial charge in [-0.1, -0.05) is 11.2 Å². The summed E-state index contributed by atoms with van der Waals surface area (Å²) in [6.45, 7) is 5.13. The van der Waals surface area contributed by atoms with Gasteiger partial charge >= 0.3 is 6.03 Å². The van der Waals surface area contributed by atoms with Crippen LogP contribution in [0.25, 0.3) is 10.7 Å². The third kappa shape index (κ3) is 2.51. The molecule has 0 aromatic carbocycles. The van der Waals surface area contributed by atoms with Gasteiger partial charge in [-0.25, -0.2) is 4.79 Å². The molecule has 9 heteroatoms. The first kappa shape index (κ1) is 16.5. The summed E-state index contributed by atoms with van der Waals surface area (Å²) in [7, 11) is 0. The number of nitrogens with zero attached hydrogens (tertiary/aromatic N) is 3. The summed E-state index contributed by atoms with van der Waals surface area (Å²) in [5, 5.41) is 8.55. The Bertz CT molecular complexity index is 991. The van der Waals surface area contributed by atoms with Crippen molar-refractivity contribution in [3.05, 3.63) is 46.6 Å². The van der Waals surface area contributed by atoms with Crippen LogP contribution in [0, 0.1) is 13.8 Å². The van der Waals surface area contributed by atoms with Crippen LogP contribution < -0.4 is 5.32 Å². The molecule has 0 aliphatic carbocycles. The van der Waals surface area contributed by atoms with Crippen molar-refractivity contribution in [2.24, 2.45) is 0 Å². The number of imide groups is 1. The summed E-state index contributed by atoms with van der Waals surface area (Å²) in [6, 6.07) is 5.01. The van der Waals surface area contributed by atoms with E-state index in [1.54, 1.807) is 26.8 Å². The molecule has 4 heterocycles. The minimum absolute atomic E-state index is 0.0888. The highest BCUT2D eigenvalue weighted by Crippen LogP contribution is 2.33. The molecule has 0 radical (unpaired) electrons. The molecule has 26 heavy (non-hydrogen) atoms. The third-order valence-corrected chi connectivity index (χ3v) is 5.22. The van der Waals surface area contributed by atoms with Crippen molar-refractivity contribution in [3.63, 3.8) is 0 Å². The van der Waals surface area contributed by atoms with Crippen LogP contribution >= 0.6 is 11.3 Å². The van der Waals surface area contributed by atoms with E-state index >= 15 is 0 Å². The molecule has 3 aromatic heterocycles. The van der Waals surface area contributed by atoms with Crippen LogP contribution in [-0.2, 0) is 16.9 Å². The molecule has 1 N–H and O–H groups in total. The van der Waals surface area contributed by atoms with E-state index in [4.69, 9.17) is 8.94 Å². The number of aromatic nitrogens is 2. The fourth-order valence-corrected chi connectivity index (χ4v) is 3.76. The molecule has 1 aliphatic heterocycles. The van der Waals surface area contributed by atoms with Crippen LogP contribution in [0.1, 0.15) is 29.9 Å². The molecule has 3 amide bonds. The Balaban J connectivity index is 1.59. The summed E-state index contributed by atoms with van der Waals surface area (Å²) in [5.41, 5.74) is -0.545. The average molecular weight is 372 g/mol. The average Bonchev–Trinajstić information content (AvgIpc) is 3.34. The Morgan fingerprint density at radius 3 is 2.81 bits per heavy atom. The Kier molecular flexibility index (Phi) is 3.69. The normalized spacial score (nSPS) is 20.0. The lowest BCUT2D eigenvalue weighted by Crippen LogP contribution is -2.41. The van der Waals surface area contributed by atoms with Crippen LogP contribution in [0.3, 0.4) is 0 Å². The van der Waals surface area contributed by atoms with Crippen molar-refractivity contribution in [1.29, 1.82) is 0 Å². The van der Waals surface area contributed by atoms with Gasteiger partial charge < -0.3 is 14.3 Å². The lowest BCUT2D eigenvalue weighted by Gasteiger charge is -2.20. The highest BCUT2D eigenvalue weighted by molar-refractivity contribution is 7.13. The van der Waals surface area contributed by atoms with Gasteiger partial charge in [-0.15, -0.1) is 11.3 Å². The maximum atomic E-state index is 13.0. The molecule has 134 valence electrons. The summed E-state index contributed by atoms with van der Waals surface area (Å²) in [6.07, 6.45) is 0. The Hall–Kier alpha value is -2.94. The van der Waals surface area contributed by atoms with Crippen molar-refractivity contribution in [3.8, 4) is 10.7 Å². The number of urea groups is 1. The molecule has 8 nitrogen and oxygen atoms in total. The van der Waals surface area contributed by atoms with Crippen LogP contribution in [-0.4, -0.2) is 27.0 Å². The summed E-state index contributed by atoms with van der Waals surface area (Å²) in [5.74, 6) is 1.52. The Morgan fingerprint density at radius 1 is 1.35 bits per heavy atom. The number of carbonyl (C=O) groups excluding carboxylic acids is 2. The quantitative estimate of drug-likeness (QED) is 0.707. The molecule has 1 fully saturated rings. The molecule has 1 saturated heterocycles. The zero-order chi connectivity index (χ0) is 18.5. The Morgan fingerprint density at radius 2 is 2.15 bits per heavy atom. The van der Waals surface area contributed by atoms with Crippen molar-refractivity contribution in [2.45, 2.75) is 32.9 Å². The predicted octanol–water partition coefficient (Wildman–Crippen LogP) is 2.98. The topological polar surface area (TPSA) is 101 Å². The standard InChI is InChI=1S/C17H16N4O4S/c1-9-7-11(10(2)24-9)17(3)15(22)21(16(23)19-17)8-13-18-14(20-25-13)12-5-4-6-26-12/h4-7H,8H2,1-3H3,(H,19,23). The molecule has 0 saturated carbocycles. The van der Waals surface area contributed by atoms with Gasteiger partial charge in [0.1, 0.15) is 23.6 Å². The highest BCUT2D eigenvalue weighted by Gasteiger charge is 2.51. The molecule has 1 unspecified atom stereocenters. The van der Waals surface area contributed by atoms with Crippen molar-refractivity contribution >= 4 is 23.3 Å². The fraction of sp³-hybridized carbons (Fsp3) is 0.294. The summed E-state index contributed by atoms with van der Waals surface area (Å²) < 4.78 is 10.7. The second-order valence-corrected chi connectivity index (χ2v) is 7.21. The number of thiophene rings is 1. The number of hydrogen-bond donors (Lipinski definition) is 1. The first-order valence-corrected chi connectivity index (χ1v) is 8.84. The van der Waals surface area contributed by atoms with Crippen LogP contribution in [0.4, 0.5) is 4.79 Å². The number of carbonyl (C=O) groups is 2. The van der Waals surface area contributed by atoms with E-state index in [9.17, 15) is 9.59 Å². The predicted molar refractivity (Wildman–Crippen MR) is 92.2 cm³/mol. The molecular formula is C17H16N4O4S. The number of rotatable bonds is 4. The molecule has 1 atom stereocenters. The maximum absolute atomic E-state index is 13.0. The van der Waals surface area contributed by atoms with Gasteiger partial charge in [0.25, 0.3) is 5.91 Å². The van der Waals surface area contributed by atoms with Gasteiger partial charge in [0, 0.05) is 5.56 Å². The summed E-state index contributed by atoms with van der Waals surface area (Å²) >= 11 is 1.48. The minimum atomic E-state index is -1.18. The van der Waals surface area contributed by atoms with Gasteiger partial charge in [-0.3, -0.25) is 9.69 Å². The maximum Gasteiger partial charge on any atom is 0.325 e. The minimum Gasteiger partial charge on any atom is -0.466 e. The number of amides is 3. The van der Waals surface area contributed by atoms with E-state index < -0.39 is 11.6 Å². The Labute approximate surface area is 152 Å². The zero-order valence-corrected chi connectivity index (χ0v) is 15.2. The second-order valence-electron chi connectivity index (χ2n) is 6.26. The third-order valence-electron chi connectivity index (χ3n) is 4.36. The van der Waals surface area contributed by atoms with E-state index in [2.05, 4.69) is 15.5 Å². The van der Waals surface area contributed by atoms with Crippen LogP contribution in [0.2, 0.25) is 0 Å². The summed E-state index contributed by atoms with van der Waals surface area (Å²) in [4.78, 5) is 31.6. The van der Waals surface area contributed by atoms with E-state index in [0.717, 1.165) is 9.78 Å².